The van der Waals surface area contributed by atoms with Crippen LogP contribution in [-0.4, -0.2) is 10.2 Å². The number of furan rings is 1. The molecule has 2 aromatic rings. The van der Waals surface area contributed by atoms with Crippen molar-refractivity contribution in [3.8, 4) is 11.5 Å². The van der Waals surface area contributed by atoms with Crippen LogP contribution in [0.25, 0.3) is 11.5 Å². The van der Waals surface area contributed by atoms with Crippen LogP contribution in [-0.2, 0) is 5.33 Å². The second-order valence-corrected chi connectivity index (χ2v) is 4.76. The third-order valence-corrected chi connectivity index (χ3v) is 3.86. The van der Waals surface area contributed by atoms with Gasteiger partial charge in [-0.25, -0.2) is 0 Å². The fourth-order valence-electron chi connectivity index (χ4n) is 2.17. The van der Waals surface area contributed by atoms with E-state index in [2.05, 4.69) is 26.1 Å². The molecule has 0 amide bonds. The van der Waals surface area contributed by atoms with Gasteiger partial charge in [0.1, 0.15) is 5.69 Å². The van der Waals surface area contributed by atoms with Gasteiger partial charge in [0.15, 0.2) is 5.76 Å². The Morgan fingerprint density at radius 3 is 2.94 bits per heavy atom. The van der Waals surface area contributed by atoms with Crippen LogP contribution >= 0.6 is 15.9 Å². The Kier molecular flexibility index (Phi) is 2.59. The van der Waals surface area contributed by atoms with Gasteiger partial charge < -0.3 is 4.42 Å². The number of rotatable bonds is 3. The van der Waals surface area contributed by atoms with E-state index in [9.17, 15) is 0 Å². The summed E-state index contributed by atoms with van der Waals surface area (Å²) < 4.78 is 5.40. The minimum Gasteiger partial charge on any atom is -0.463 e. The zero-order valence-corrected chi connectivity index (χ0v) is 10.5. The fourth-order valence-corrected chi connectivity index (χ4v) is 2.73. The maximum Gasteiger partial charge on any atom is 0.154 e. The van der Waals surface area contributed by atoms with E-state index in [-0.39, 0.29) is 0 Å². The lowest BCUT2D eigenvalue weighted by atomic mass is 9.81. The van der Waals surface area contributed by atoms with Crippen molar-refractivity contribution in [1.29, 1.82) is 0 Å². The summed E-state index contributed by atoms with van der Waals surface area (Å²) in [5.41, 5.74) is 3.48. The van der Waals surface area contributed by atoms with Gasteiger partial charge in [0, 0.05) is 22.5 Å². The van der Waals surface area contributed by atoms with E-state index >= 15 is 0 Å². The SMILES string of the molecule is BrCc1c(-c2ccco2)n[nH]c1C1CCC1. The van der Waals surface area contributed by atoms with Crippen LogP contribution in [0.15, 0.2) is 22.8 Å². The first-order valence-corrected chi connectivity index (χ1v) is 6.69. The third-order valence-electron chi connectivity index (χ3n) is 3.30. The second kappa shape index (κ2) is 4.09. The van der Waals surface area contributed by atoms with Gasteiger partial charge in [-0.3, -0.25) is 5.10 Å². The Morgan fingerprint density at radius 2 is 2.38 bits per heavy atom. The Labute approximate surface area is 102 Å². The van der Waals surface area contributed by atoms with Gasteiger partial charge in [0.2, 0.25) is 0 Å². The van der Waals surface area contributed by atoms with Crippen LogP contribution in [0, 0.1) is 0 Å². The summed E-state index contributed by atoms with van der Waals surface area (Å²) in [6.07, 6.45) is 5.58. The summed E-state index contributed by atoms with van der Waals surface area (Å²) in [5.74, 6) is 1.51. The molecular weight excluding hydrogens is 268 g/mol. The topological polar surface area (TPSA) is 41.8 Å². The molecule has 2 aromatic heterocycles. The number of H-pyrrole nitrogens is 1. The second-order valence-electron chi connectivity index (χ2n) is 4.20. The van der Waals surface area contributed by atoms with Crippen molar-refractivity contribution in [2.45, 2.75) is 30.5 Å². The predicted molar refractivity (Wildman–Crippen MR) is 65.5 cm³/mol. The quantitative estimate of drug-likeness (QED) is 0.869. The highest BCUT2D eigenvalue weighted by Gasteiger charge is 2.26. The van der Waals surface area contributed by atoms with Crippen molar-refractivity contribution < 1.29 is 4.42 Å². The highest BCUT2D eigenvalue weighted by molar-refractivity contribution is 9.08. The first-order chi connectivity index (χ1) is 7.90. The molecule has 1 N–H and O–H groups in total. The molecule has 84 valence electrons. The molecule has 1 aliphatic carbocycles. The molecule has 3 rings (SSSR count). The van der Waals surface area contributed by atoms with E-state index < -0.39 is 0 Å². The summed E-state index contributed by atoms with van der Waals surface area (Å²) in [6, 6.07) is 3.85. The zero-order valence-electron chi connectivity index (χ0n) is 8.87. The zero-order chi connectivity index (χ0) is 11.0. The molecule has 0 saturated heterocycles. The maximum absolute atomic E-state index is 5.40. The maximum atomic E-state index is 5.40. The number of aromatic amines is 1. The van der Waals surface area contributed by atoms with Crippen molar-refractivity contribution >= 4 is 15.9 Å². The Morgan fingerprint density at radius 1 is 1.50 bits per heavy atom. The monoisotopic (exact) mass is 280 g/mol. The van der Waals surface area contributed by atoms with E-state index in [0.717, 1.165) is 16.8 Å². The molecule has 1 aliphatic rings. The van der Waals surface area contributed by atoms with Gasteiger partial charge >= 0.3 is 0 Å². The summed E-state index contributed by atoms with van der Waals surface area (Å²) in [7, 11) is 0. The molecule has 0 spiro atoms. The largest absolute Gasteiger partial charge is 0.463 e. The Hall–Kier alpha value is -1.03. The number of alkyl halides is 1. The van der Waals surface area contributed by atoms with Crippen LogP contribution < -0.4 is 0 Å². The molecule has 0 bridgehead atoms. The molecule has 4 heteroatoms. The number of nitrogens with zero attached hydrogens (tertiary/aromatic N) is 1. The number of halogens is 1. The van der Waals surface area contributed by atoms with Gasteiger partial charge in [-0.05, 0) is 25.0 Å². The van der Waals surface area contributed by atoms with Crippen LogP contribution in [0.4, 0.5) is 0 Å². The van der Waals surface area contributed by atoms with Crippen molar-refractivity contribution in [3.05, 3.63) is 29.7 Å². The Balaban J connectivity index is 2.02. The average Bonchev–Trinajstić information content (AvgIpc) is 2.81. The molecular formula is C12H13BrN2O. The lowest BCUT2D eigenvalue weighted by Gasteiger charge is -2.24. The summed E-state index contributed by atoms with van der Waals surface area (Å²) in [6.45, 7) is 0. The van der Waals surface area contributed by atoms with Crippen molar-refractivity contribution in [1.82, 2.24) is 10.2 Å². The summed E-state index contributed by atoms with van der Waals surface area (Å²) in [5, 5.41) is 8.38. The third kappa shape index (κ3) is 1.52. The lowest BCUT2D eigenvalue weighted by Crippen LogP contribution is -2.10. The highest BCUT2D eigenvalue weighted by atomic mass is 79.9. The van der Waals surface area contributed by atoms with E-state index in [1.165, 1.54) is 30.5 Å². The van der Waals surface area contributed by atoms with Crippen LogP contribution in [0.2, 0.25) is 0 Å². The number of aromatic nitrogens is 2. The lowest BCUT2D eigenvalue weighted by molar-refractivity contribution is 0.409. The highest BCUT2D eigenvalue weighted by Crippen LogP contribution is 2.40. The van der Waals surface area contributed by atoms with Crippen LogP contribution in [0.1, 0.15) is 36.4 Å². The van der Waals surface area contributed by atoms with Crippen molar-refractivity contribution in [3.63, 3.8) is 0 Å². The van der Waals surface area contributed by atoms with Gasteiger partial charge in [0.25, 0.3) is 0 Å². The smallest absolute Gasteiger partial charge is 0.154 e. The van der Waals surface area contributed by atoms with Gasteiger partial charge in [-0.1, -0.05) is 22.4 Å². The molecule has 16 heavy (non-hydrogen) atoms. The predicted octanol–water partition coefficient (Wildman–Crippen LogP) is 3.83. The standard InChI is InChI=1S/C12H13BrN2O/c13-7-9-11(8-3-1-4-8)14-15-12(9)10-5-2-6-16-10/h2,5-6,8H,1,3-4,7H2,(H,14,15). The van der Waals surface area contributed by atoms with Crippen LogP contribution in [0.3, 0.4) is 0 Å². The number of hydrogen-bond acceptors (Lipinski definition) is 2. The average molecular weight is 281 g/mol. The first-order valence-electron chi connectivity index (χ1n) is 5.57. The van der Waals surface area contributed by atoms with E-state index in [1.54, 1.807) is 6.26 Å². The molecule has 0 aliphatic heterocycles. The molecule has 0 unspecified atom stereocenters. The summed E-state index contributed by atoms with van der Waals surface area (Å²) in [4.78, 5) is 0. The minimum atomic E-state index is 0.670. The molecule has 3 nitrogen and oxygen atoms in total. The summed E-state index contributed by atoms with van der Waals surface area (Å²) >= 11 is 3.54. The van der Waals surface area contributed by atoms with Gasteiger partial charge in [-0.2, -0.15) is 5.10 Å². The first kappa shape index (κ1) is 10.1. The minimum absolute atomic E-state index is 0.670. The fraction of sp³-hybridized carbons (Fsp3) is 0.417. The molecule has 1 fully saturated rings. The van der Waals surface area contributed by atoms with Crippen molar-refractivity contribution in [2.75, 3.05) is 0 Å². The molecule has 0 radical (unpaired) electrons. The molecule has 1 saturated carbocycles. The number of nitrogens with one attached hydrogen (secondary N) is 1. The normalized spacial score (nSPS) is 16.3. The molecule has 0 atom stereocenters. The Bertz CT molecular complexity index is 471. The van der Waals surface area contributed by atoms with Gasteiger partial charge in [-0.15, -0.1) is 0 Å². The molecule has 0 aromatic carbocycles. The van der Waals surface area contributed by atoms with Crippen LogP contribution in [0.5, 0.6) is 0 Å². The van der Waals surface area contributed by atoms with Gasteiger partial charge in [0.05, 0.1) is 6.26 Å². The van der Waals surface area contributed by atoms with E-state index in [4.69, 9.17) is 4.42 Å². The molecule has 2 heterocycles. The number of hydrogen-bond donors (Lipinski definition) is 1. The van der Waals surface area contributed by atoms with Crippen molar-refractivity contribution in [2.24, 2.45) is 0 Å². The van der Waals surface area contributed by atoms with E-state index in [0.29, 0.717) is 5.92 Å². The van der Waals surface area contributed by atoms with E-state index in [1.807, 2.05) is 12.1 Å².